The van der Waals surface area contributed by atoms with Crippen LogP contribution >= 0.6 is 11.8 Å². The number of aromatic nitrogens is 3. The van der Waals surface area contributed by atoms with Gasteiger partial charge in [0.25, 0.3) is 5.91 Å². The minimum Gasteiger partial charge on any atom is -0.448 e. The molecule has 0 aliphatic rings. The van der Waals surface area contributed by atoms with E-state index in [1.54, 1.807) is 30.6 Å². The molecular formula is C18H13N5O2S. The molecule has 4 aromatic rings. The Morgan fingerprint density at radius 1 is 1.15 bits per heavy atom. The van der Waals surface area contributed by atoms with Crippen molar-refractivity contribution in [2.75, 3.05) is 0 Å². The number of carbonyl (C=O) groups excluding carboxylic acids is 1. The van der Waals surface area contributed by atoms with E-state index in [1.807, 2.05) is 30.3 Å². The molecule has 0 unspecified atom stereocenters. The highest BCUT2D eigenvalue weighted by molar-refractivity contribution is 7.99. The number of nitrogens with one attached hydrogen (secondary N) is 2. The minimum atomic E-state index is -0.313. The first-order valence-corrected chi connectivity index (χ1v) is 8.55. The Bertz CT molecular complexity index is 1040. The molecule has 0 aliphatic heterocycles. The highest BCUT2D eigenvalue weighted by atomic mass is 32.2. The van der Waals surface area contributed by atoms with Gasteiger partial charge in [0, 0.05) is 18.0 Å². The first-order valence-electron chi connectivity index (χ1n) is 7.74. The van der Waals surface area contributed by atoms with Crippen LogP contribution in [0.2, 0.25) is 0 Å². The van der Waals surface area contributed by atoms with Gasteiger partial charge in [0.1, 0.15) is 5.76 Å². The zero-order valence-electron chi connectivity index (χ0n) is 13.4. The van der Waals surface area contributed by atoms with Crippen LogP contribution in [0.15, 0.2) is 80.7 Å². The fourth-order valence-corrected chi connectivity index (χ4v) is 3.02. The van der Waals surface area contributed by atoms with Crippen molar-refractivity contribution in [1.82, 2.24) is 20.4 Å². The van der Waals surface area contributed by atoms with Crippen LogP contribution < -0.4 is 5.43 Å². The van der Waals surface area contributed by atoms with Crippen LogP contribution in [0.5, 0.6) is 0 Å². The Hall–Kier alpha value is -3.39. The van der Waals surface area contributed by atoms with Crippen LogP contribution in [0, 0.1) is 0 Å². The molecule has 4 rings (SSSR count). The highest BCUT2D eigenvalue weighted by Crippen LogP contribution is 2.28. The highest BCUT2D eigenvalue weighted by Gasteiger charge is 2.08. The maximum atomic E-state index is 11.9. The molecule has 0 bridgehead atoms. The molecule has 26 heavy (non-hydrogen) atoms. The van der Waals surface area contributed by atoms with E-state index < -0.39 is 0 Å². The summed E-state index contributed by atoms with van der Waals surface area (Å²) < 4.78 is 5.66. The largest absolute Gasteiger partial charge is 0.448 e. The molecule has 0 saturated carbocycles. The van der Waals surface area contributed by atoms with Crippen molar-refractivity contribution in [2.24, 2.45) is 5.10 Å². The van der Waals surface area contributed by atoms with E-state index >= 15 is 0 Å². The van der Waals surface area contributed by atoms with Gasteiger partial charge in [-0.3, -0.25) is 9.78 Å². The first-order chi connectivity index (χ1) is 12.8. The molecule has 1 aromatic carbocycles. The summed E-state index contributed by atoms with van der Waals surface area (Å²) >= 11 is 1.38. The molecule has 1 amide bonds. The van der Waals surface area contributed by atoms with Crippen molar-refractivity contribution < 1.29 is 9.21 Å². The number of fused-ring (bicyclic) bond motifs is 1. The number of aromatic amines is 1. The Morgan fingerprint density at radius 3 is 2.85 bits per heavy atom. The summed E-state index contributed by atoms with van der Waals surface area (Å²) in [6.45, 7) is 0. The van der Waals surface area contributed by atoms with Crippen LogP contribution in [-0.2, 0) is 0 Å². The van der Waals surface area contributed by atoms with Crippen molar-refractivity contribution in [3.8, 4) is 0 Å². The molecular weight excluding hydrogens is 350 g/mol. The van der Waals surface area contributed by atoms with Gasteiger partial charge in [-0.2, -0.15) is 5.10 Å². The van der Waals surface area contributed by atoms with Crippen molar-refractivity contribution in [3.63, 3.8) is 0 Å². The Labute approximate surface area is 152 Å². The fraction of sp³-hybridized carbons (Fsp3) is 0. The molecule has 8 heteroatoms. The minimum absolute atomic E-state index is 0.313. The first kappa shape index (κ1) is 16.1. The predicted molar refractivity (Wildman–Crippen MR) is 98.2 cm³/mol. The van der Waals surface area contributed by atoms with Gasteiger partial charge in [-0.15, -0.1) is 0 Å². The fourth-order valence-electron chi connectivity index (χ4n) is 2.25. The number of furan rings is 1. The normalized spacial score (nSPS) is 11.2. The number of hydrogen-bond acceptors (Lipinski definition) is 6. The third kappa shape index (κ3) is 3.65. The number of benzene rings is 1. The topological polar surface area (TPSA) is 96.2 Å². The zero-order chi connectivity index (χ0) is 17.8. The molecule has 0 spiro atoms. The van der Waals surface area contributed by atoms with Gasteiger partial charge in [-0.25, -0.2) is 10.4 Å². The number of hydrazone groups is 1. The zero-order valence-corrected chi connectivity index (χ0v) is 14.2. The predicted octanol–water partition coefficient (Wildman–Crippen LogP) is 3.47. The van der Waals surface area contributed by atoms with E-state index in [4.69, 9.17) is 4.42 Å². The van der Waals surface area contributed by atoms with Crippen LogP contribution in [0.3, 0.4) is 0 Å². The van der Waals surface area contributed by atoms with Crippen LogP contribution in [0.25, 0.3) is 11.0 Å². The molecule has 128 valence electrons. The van der Waals surface area contributed by atoms with Gasteiger partial charge in [-0.1, -0.05) is 12.1 Å². The number of imidazole rings is 1. The van der Waals surface area contributed by atoms with Crippen LogP contribution in [-0.4, -0.2) is 27.1 Å². The summed E-state index contributed by atoms with van der Waals surface area (Å²) in [7, 11) is 0. The molecule has 0 atom stereocenters. The van der Waals surface area contributed by atoms with Crippen LogP contribution in [0.4, 0.5) is 0 Å². The lowest BCUT2D eigenvalue weighted by atomic mass is 10.3. The third-order valence-electron chi connectivity index (χ3n) is 3.47. The van der Waals surface area contributed by atoms with Gasteiger partial charge in [0.15, 0.2) is 10.2 Å². The molecule has 7 nitrogen and oxygen atoms in total. The molecule has 3 aromatic heterocycles. The van der Waals surface area contributed by atoms with E-state index in [0.29, 0.717) is 16.4 Å². The molecule has 0 fully saturated rings. The summed E-state index contributed by atoms with van der Waals surface area (Å²) in [5, 5.41) is 5.32. The quantitative estimate of drug-likeness (QED) is 0.418. The number of nitrogens with zero attached hydrogens (tertiary/aromatic N) is 3. The second-order valence-electron chi connectivity index (χ2n) is 5.25. The number of rotatable bonds is 5. The summed E-state index contributed by atoms with van der Waals surface area (Å²) in [5.74, 6) is 0.214. The summed E-state index contributed by atoms with van der Waals surface area (Å²) in [5.41, 5.74) is 4.80. The number of amides is 1. The monoisotopic (exact) mass is 363 g/mol. The van der Waals surface area contributed by atoms with Gasteiger partial charge in [-0.05, 0) is 48.2 Å². The second kappa shape index (κ2) is 7.24. The molecule has 0 saturated heterocycles. The maximum absolute atomic E-state index is 11.9. The van der Waals surface area contributed by atoms with E-state index in [2.05, 4.69) is 25.5 Å². The third-order valence-corrected chi connectivity index (χ3v) is 4.27. The molecule has 2 N–H and O–H groups in total. The summed E-state index contributed by atoms with van der Waals surface area (Å²) in [6, 6.07) is 14.6. The van der Waals surface area contributed by atoms with Gasteiger partial charge in [0.2, 0.25) is 0 Å². The van der Waals surface area contributed by atoms with Crippen molar-refractivity contribution in [2.45, 2.75) is 10.2 Å². The van der Waals surface area contributed by atoms with Crippen LogP contribution in [0.1, 0.15) is 16.1 Å². The number of para-hydroxylation sites is 2. The molecule has 0 radical (unpaired) electrons. The summed E-state index contributed by atoms with van der Waals surface area (Å²) in [6.07, 6.45) is 4.54. The molecule has 0 aliphatic carbocycles. The lowest BCUT2D eigenvalue weighted by molar-refractivity contribution is 0.0955. The number of hydrogen-bond donors (Lipinski definition) is 2. The maximum Gasteiger partial charge on any atom is 0.271 e. The van der Waals surface area contributed by atoms with E-state index in [9.17, 15) is 4.79 Å². The lowest BCUT2D eigenvalue weighted by Gasteiger charge is -1.97. The lowest BCUT2D eigenvalue weighted by Crippen LogP contribution is -2.17. The van der Waals surface area contributed by atoms with E-state index in [0.717, 1.165) is 16.2 Å². The van der Waals surface area contributed by atoms with Gasteiger partial charge < -0.3 is 9.40 Å². The number of H-pyrrole nitrogens is 1. The van der Waals surface area contributed by atoms with Crippen molar-refractivity contribution >= 4 is 34.9 Å². The van der Waals surface area contributed by atoms with E-state index in [1.165, 1.54) is 18.0 Å². The average molecular weight is 363 g/mol. The Morgan fingerprint density at radius 2 is 2.00 bits per heavy atom. The average Bonchev–Trinajstić information content (AvgIpc) is 3.28. The van der Waals surface area contributed by atoms with Crippen molar-refractivity contribution in [3.05, 3.63) is 72.2 Å². The van der Waals surface area contributed by atoms with Gasteiger partial charge >= 0.3 is 0 Å². The summed E-state index contributed by atoms with van der Waals surface area (Å²) in [4.78, 5) is 23.4. The van der Waals surface area contributed by atoms with Crippen molar-refractivity contribution in [1.29, 1.82) is 0 Å². The standard InChI is InChI=1S/C18H13N5O2S/c24-17(12-7-9-19-10-8-12)23-20-11-13-5-6-16(25-13)26-18-21-14-3-1-2-4-15(14)22-18/h1-11H,(H,21,22)(H,23,24)/b20-11-. The SMILES string of the molecule is O=C(N/N=C\c1ccc(Sc2nc3ccccc3[nH]2)o1)c1ccncc1. The number of pyridine rings is 1. The Kier molecular flexibility index (Phi) is 4.48. The molecule has 3 heterocycles. The second-order valence-corrected chi connectivity index (χ2v) is 6.25. The smallest absolute Gasteiger partial charge is 0.271 e. The van der Waals surface area contributed by atoms with E-state index in [-0.39, 0.29) is 5.91 Å². The Balaban J connectivity index is 1.39. The number of carbonyl (C=O) groups is 1. The van der Waals surface area contributed by atoms with Gasteiger partial charge in [0.05, 0.1) is 17.2 Å².